The van der Waals surface area contributed by atoms with Gasteiger partial charge in [0.1, 0.15) is 11.9 Å². The van der Waals surface area contributed by atoms with Gasteiger partial charge in [0.2, 0.25) is 17.9 Å². The van der Waals surface area contributed by atoms with Gasteiger partial charge in [-0.25, -0.2) is 9.48 Å². The maximum atomic E-state index is 15.0. The number of esters is 2. The van der Waals surface area contributed by atoms with E-state index in [1.165, 1.54) is 28.9 Å². The number of benzene rings is 2. The molecular formula is C36H40F3N7O5. The summed E-state index contributed by atoms with van der Waals surface area (Å²) in [5.74, 6) is -1.04. The van der Waals surface area contributed by atoms with Gasteiger partial charge in [-0.15, -0.1) is 0 Å². The number of alkyl halides is 3. The van der Waals surface area contributed by atoms with E-state index < -0.39 is 18.2 Å². The van der Waals surface area contributed by atoms with Crippen LogP contribution < -0.4 is 20.7 Å². The van der Waals surface area contributed by atoms with E-state index in [-0.39, 0.29) is 52.7 Å². The van der Waals surface area contributed by atoms with Crippen LogP contribution in [-0.2, 0) is 14.3 Å². The van der Waals surface area contributed by atoms with E-state index in [1.54, 1.807) is 57.3 Å². The monoisotopic (exact) mass is 707 g/mol. The van der Waals surface area contributed by atoms with Crippen LogP contribution in [0.2, 0.25) is 0 Å². The number of hydrogen-bond acceptors (Lipinski definition) is 11. The molecule has 0 amide bonds. The summed E-state index contributed by atoms with van der Waals surface area (Å²) in [5, 5.41) is 7.67. The molecule has 2 aliphatic rings. The van der Waals surface area contributed by atoms with Crippen LogP contribution >= 0.6 is 0 Å². The molecule has 3 N–H and O–H groups in total. The second kappa shape index (κ2) is 14.6. The fraction of sp³-hybridized carbons (Fsp3) is 0.417. The fourth-order valence-corrected chi connectivity index (χ4v) is 6.80. The molecule has 0 radical (unpaired) electrons. The standard InChI is InChI=1S/C36H40F3N7O5/c1-4-49-32(47)25-9-7-6-8-24(25)23-10-11-26(28(18-23)46-15-12-22(3)44-46)31(36(37,38)39)51-30-19-29(42-34(40)43-30)45-16-13-35(14-17-45)20-27(41-21-35)33(48)50-5-2/h6-12,15,18-19,27,31,41H,4-5,13-14,16-17,20-21H2,1-3H3,(H2,40,42,43)/t27-,31+/m0/s1. The molecule has 1 spiro atoms. The number of rotatable bonds is 10. The smallest absolute Gasteiger partial charge is 0.429 e. The number of nitrogens with zero attached hydrogens (tertiary/aromatic N) is 5. The van der Waals surface area contributed by atoms with Gasteiger partial charge in [0.25, 0.3) is 0 Å². The van der Waals surface area contributed by atoms with Gasteiger partial charge in [-0.1, -0.05) is 30.3 Å². The number of carbonyl (C=O) groups is 2. The largest absolute Gasteiger partial charge is 0.465 e. The molecule has 4 aromatic rings. The van der Waals surface area contributed by atoms with Crippen LogP contribution in [0.15, 0.2) is 60.8 Å². The third-order valence-corrected chi connectivity index (χ3v) is 9.34. The molecule has 0 unspecified atom stereocenters. The molecule has 2 fully saturated rings. The number of nitrogen functional groups attached to an aromatic ring is 1. The number of hydrogen-bond donors (Lipinski definition) is 2. The average Bonchev–Trinajstić information content (AvgIpc) is 3.73. The maximum absolute atomic E-state index is 15.0. The van der Waals surface area contributed by atoms with Crippen molar-refractivity contribution in [3.63, 3.8) is 0 Å². The highest BCUT2D eigenvalue weighted by Crippen LogP contribution is 2.43. The molecule has 0 aliphatic carbocycles. The third kappa shape index (κ3) is 7.77. The van der Waals surface area contributed by atoms with Crippen LogP contribution in [-0.4, -0.2) is 76.8 Å². The lowest BCUT2D eigenvalue weighted by atomic mass is 9.76. The molecule has 4 heterocycles. The van der Waals surface area contributed by atoms with Crippen molar-refractivity contribution in [2.45, 2.75) is 58.4 Å². The Hall–Kier alpha value is -5.18. The van der Waals surface area contributed by atoms with Gasteiger partial charge in [0, 0.05) is 37.5 Å². The summed E-state index contributed by atoms with van der Waals surface area (Å²) < 4.78 is 62.4. The molecule has 2 atom stereocenters. The van der Waals surface area contributed by atoms with Crippen LogP contribution in [0.5, 0.6) is 5.88 Å². The molecule has 0 saturated carbocycles. The SMILES string of the molecule is CCOC(=O)c1ccccc1-c1ccc([C@@H](Oc2cc(N3CCC4(CC3)CN[C@H](C(=O)OCC)C4)nc(N)n2)C(F)(F)F)c(-n2ccc(C)n2)c1. The molecule has 12 nitrogen and oxygen atoms in total. The molecule has 0 bridgehead atoms. The minimum absolute atomic E-state index is 0.0939. The number of halogens is 3. The average molecular weight is 708 g/mol. The van der Waals surface area contributed by atoms with Gasteiger partial charge in [-0.05, 0) is 74.8 Å². The molecule has 270 valence electrons. The molecular weight excluding hydrogens is 667 g/mol. The number of aryl methyl sites for hydroxylation is 1. The first kappa shape index (κ1) is 35.6. The summed E-state index contributed by atoms with van der Waals surface area (Å²) in [6.45, 7) is 7.44. The maximum Gasteiger partial charge on any atom is 0.429 e. The zero-order chi connectivity index (χ0) is 36.3. The third-order valence-electron chi connectivity index (χ3n) is 9.34. The summed E-state index contributed by atoms with van der Waals surface area (Å²) in [5.41, 5.74) is 7.62. The lowest BCUT2D eigenvalue weighted by molar-refractivity contribution is -0.198. The Morgan fingerprint density at radius 1 is 1.04 bits per heavy atom. The van der Waals surface area contributed by atoms with E-state index >= 15 is 0 Å². The van der Waals surface area contributed by atoms with E-state index in [0.717, 1.165) is 12.8 Å². The van der Waals surface area contributed by atoms with Crippen molar-refractivity contribution in [1.82, 2.24) is 25.1 Å². The second-order valence-corrected chi connectivity index (χ2v) is 12.8. The van der Waals surface area contributed by atoms with Crippen LogP contribution in [0.25, 0.3) is 16.8 Å². The van der Waals surface area contributed by atoms with Crippen molar-refractivity contribution in [3.8, 4) is 22.7 Å². The molecule has 6 rings (SSSR count). The number of ether oxygens (including phenoxy) is 3. The van der Waals surface area contributed by atoms with Gasteiger partial charge in [0.15, 0.2) is 0 Å². The fourth-order valence-electron chi connectivity index (χ4n) is 6.80. The highest BCUT2D eigenvalue weighted by atomic mass is 19.4. The Labute approximate surface area is 293 Å². The number of anilines is 2. The zero-order valence-electron chi connectivity index (χ0n) is 28.6. The second-order valence-electron chi connectivity index (χ2n) is 12.8. The zero-order valence-corrected chi connectivity index (χ0v) is 28.6. The van der Waals surface area contributed by atoms with E-state index in [1.807, 2.05) is 4.90 Å². The van der Waals surface area contributed by atoms with Gasteiger partial charge in [0.05, 0.1) is 30.2 Å². The number of aromatic nitrogens is 4. The first-order valence-electron chi connectivity index (χ1n) is 16.9. The summed E-state index contributed by atoms with van der Waals surface area (Å²) in [4.78, 5) is 35.3. The highest BCUT2D eigenvalue weighted by Gasteiger charge is 2.46. The number of nitrogens with two attached hydrogens (primary N) is 1. The Kier molecular flexibility index (Phi) is 10.2. The summed E-state index contributed by atoms with van der Waals surface area (Å²) in [6, 6.07) is 13.8. The van der Waals surface area contributed by atoms with Crippen molar-refractivity contribution in [2.24, 2.45) is 5.41 Å². The van der Waals surface area contributed by atoms with Gasteiger partial charge in [-0.2, -0.15) is 28.2 Å². The van der Waals surface area contributed by atoms with Gasteiger partial charge >= 0.3 is 18.1 Å². The predicted octanol–water partition coefficient (Wildman–Crippen LogP) is 5.59. The van der Waals surface area contributed by atoms with Crippen molar-refractivity contribution < 1.29 is 37.0 Å². The van der Waals surface area contributed by atoms with Gasteiger partial charge in [-0.3, -0.25) is 4.79 Å². The molecule has 2 aromatic carbocycles. The Balaban J connectivity index is 1.30. The number of carbonyl (C=O) groups excluding carboxylic acids is 2. The van der Waals surface area contributed by atoms with Crippen LogP contribution in [0.1, 0.15) is 60.8 Å². The first-order valence-corrected chi connectivity index (χ1v) is 16.9. The summed E-state index contributed by atoms with van der Waals surface area (Å²) in [6.07, 6.45) is -3.68. The quantitative estimate of drug-likeness (QED) is 0.199. The predicted molar refractivity (Wildman–Crippen MR) is 182 cm³/mol. The normalized spacial score (nSPS) is 17.7. The Morgan fingerprint density at radius 3 is 2.47 bits per heavy atom. The van der Waals surface area contributed by atoms with E-state index in [4.69, 9.17) is 19.9 Å². The van der Waals surface area contributed by atoms with Crippen molar-refractivity contribution in [1.29, 1.82) is 0 Å². The topological polar surface area (TPSA) is 147 Å². The number of nitrogens with one attached hydrogen (secondary N) is 1. The molecule has 2 aromatic heterocycles. The molecule has 15 heteroatoms. The van der Waals surface area contributed by atoms with E-state index in [9.17, 15) is 22.8 Å². The minimum atomic E-state index is -4.89. The molecule has 51 heavy (non-hydrogen) atoms. The molecule has 2 saturated heterocycles. The lowest BCUT2D eigenvalue weighted by Gasteiger charge is -2.39. The highest BCUT2D eigenvalue weighted by molar-refractivity contribution is 5.97. The van der Waals surface area contributed by atoms with Crippen molar-refractivity contribution in [3.05, 3.63) is 77.6 Å². The van der Waals surface area contributed by atoms with Crippen LogP contribution in [0, 0.1) is 12.3 Å². The minimum Gasteiger partial charge on any atom is -0.465 e. The van der Waals surface area contributed by atoms with Crippen LogP contribution in [0.3, 0.4) is 0 Å². The Bertz CT molecular complexity index is 1890. The first-order chi connectivity index (χ1) is 24.4. The summed E-state index contributed by atoms with van der Waals surface area (Å²) >= 11 is 0. The van der Waals surface area contributed by atoms with Gasteiger partial charge < -0.3 is 30.2 Å². The summed E-state index contributed by atoms with van der Waals surface area (Å²) in [7, 11) is 0. The van der Waals surface area contributed by atoms with E-state index in [0.29, 0.717) is 55.3 Å². The lowest BCUT2D eigenvalue weighted by Crippen LogP contribution is -2.41. The molecule has 2 aliphatic heterocycles. The Morgan fingerprint density at radius 2 is 1.78 bits per heavy atom. The van der Waals surface area contributed by atoms with Crippen molar-refractivity contribution in [2.75, 3.05) is 43.5 Å². The van der Waals surface area contributed by atoms with Crippen LogP contribution in [0.4, 0.5) is 24.9 Å². The van der Waals surface area contributed by atoms with Crippen molar-refractivity contribution >= 4 is 23.7 Å². The van der Waals surface area contributed by atoms with E-state index in [2.05, 4.69) is 20.4 Å². The number of piperidine rings is 1.